The van der Waals surface area contributed by atoms with Crippen LogP contribution in [0.15, 0.2) is 77.7 Å². The van der Waals surface area contributed by atoms with Crippen molar-refractivity contribution in [3.05, 3.63) is 100 Å². The molecule has 6 nitrogen and oxygen atoms in total. The number of aromatic amines is 1. The van der Waals surface area contributed by atoms with E-state index >= 15 is 0 Å². The number of anilines is 1. The molecule has 0 aliphatic carbocycles. The van der Waals surface area contributed by atoms with Gasteiger partial charge in [0.1, 0.15) is 12.4 Å². The van der Waals surface area contributed by atoms with Gasteiger partial charge in [0.2, 0.25) is 11.5 Å². The summed E-state index contributed by atoms with van der Waals surface area (Å²) in [5.41, 5.74) is 2.50. The maximum atomic E-state index is 12.9. The van der Waals surface area contributed by atoms with Crippen LogP contribution in [0.4, 0.5) is 10.1 Å². The highest BCUT2D eigenvalue weighted by molar-refractivity contribution is 5.87. The number of halogens is 1. The van der Waals surface area contributed by atoms with Gasteiger partial charge in [-0.15, -0.1) is 0 Å². The summed E-state index contributed by atoms with van der Waals surface area (Å²) in [4.78, 5) is 18.3. The number of pyridine rings is 2. The summed E-state index contributed by atoms with van der Waals surface area (Å²) in [6.07, 6.45) is 0.490. The highest BCUT2D eigenvalue weighted by atomic mass is 19.1. The van der Waals surface area contributed by atoms with Crippen LogP contribution in [0.3, 0.4) is 0 Å². The van der Waals surface area contributed by atoms with Crippen molar-refractivity contribution in [3.63, 3.8) is 0 Å². The Morgan fingerprint density at radius 2 is 1.90 bits per heavy atom. The molecule has 0 aliphatic rings. The number of aliphatic hydroxyl groups excluding tert-OH is 1. The summed E-state index contributed by atoms with van der Waals surface area (Å²) in [6, 6.07) is 19.1. The molecule has 30 heavy (non-hydrogen) atoms. The van der Waals surface area contributed by atoms with Crippen LogP contribution in [0.5, 0.6) is 5.75 Å². The quantitative estimate of drug-likeness (QED) is 0.407. The molecule has 152 valence electrons. The third-order valence-electron chi connectivity index (χ3n) is 4.71. The summed E-state index contributed by atoms with van der Waals surface area (Å²) in [5, 5.41) is 14.4. The second-order valence-electron chi connectivity index (χ2n) is 6.80. The molecule has 0 spiro atoms. The topological polar surface area (TPSA) is 87.2 Å². The van der Waals surface area contributed by atoms with Crippen molar-refractivity contribution in [2.45, 2.75) is 12.7 Å². The predicted molar refractivity (Wildman–Crippen MR) is 113 cm³/mol. The van der Waals surface area contributed by atoms with Crippen LogP contribution in [0.2, 0.25) is 0 Å². The van der Waals surface area contributed by atoms with E-state index in [1.165, 1.54) is 18.3 Å². The number of hydrogen-bond donors (Lipinski definition) is 3. The van der Waals surface area contributed by atoms with E-state index in [0.717, 1.165) is 5.56 Å². The number of nitrogens with one attached hydrogen (secondary N) is 2. The molecule has 4 rings (SSSR count). The summed E-state index contributed by atoms with van der Waals surface area (Å²) < 4.78 is 18.9. The Balaban J connectivity index is 1.57. The Hall–Kier alpha value is -3.71. The van der Waals surface area contributed by atoms with Crippen molar-refractivity contribution in [2.75, 3.05) is 11.9 Å². The van der Waals surface area contributed by atoms with E-state index in [9.17, 15) is 14.3 Å². The van der Waals surface area contributed by atoms with Crippen molar-refractivity contribution < 1.29 is 14.2 Å². The average molecular weight is 405 g/mol. The molecule has 4 aromatic rings. The van der Waals surface area contributed by atoms with E-state index in [-0.39, 0.29) is 12.1 Å². The first-order chi connectivity index (χ1) is 14.6. The average Bonchev–Trinajstić information content (AvgIpc) is 2.77. The summed E-state index contributed by atoms with van der Waals surface area (Å²) >= 11 is 0. The number of fused-ring (bicyclic) bond motifs is 1. The van der Waals surface area contributed by atoms with Crippen molar-refractivity contribution in [3.8, 4) is 5.75 Å². The number of benzene rings is 2. The number of H-pyrrole nitrogens is 1. The van der Waals surface area contributed by atoms with E-state index in [1.807, 2.05) is 30.3 Å². The molecule has 1 unspecified atom stereocenters. The van der Waals surface area contributed by atoms with Crippen LogP contribution >= 0.6 is 0 Å². The van der Waals surface area contributed by atoms with Gasteiger partial charge in [0.25, 0.3) is 0 Å². The van der Waals surface area contributed by atoms with Crippen molar-refractivity contribution in [2.24, 2.45) is 0 Å². The molecular weight excluding hydrogens is 385 g/mol. The van der Waals surface area contributed by atoms with Gasteiger partial charge >= 0.3 is 0 Å². The fraction of sp³-hybridized carbons (Fsp3) is 0.130. The fourth-order valence-electron chi connectivity index (χ4n) is 3.20. The highest BCUT2D eigenvalue weighted by Gasteiger charge is 2.15. The summed E-state index contributed by atoms with van der Waals surface area (Å²) in [5.74, 6) is -0.0414. The molecule has 2 aromatic heterocycles. The van der Waals surface area contributed by atoms with E-state index < -0.39 is 12.1 Å². The van der Waals surface area contributed by atoms with Crippen molar-refractivity contribution in [1.29, 1.82) is 0 Å². The fourth-order valence-corrected chi connectivity index (χ4v) is 3.20. The lowest BCUT2D eigenvalue weighted by atomic mass is 10.0. The maximum Gasteiger partial charge on any atom is 0.248 e. The number of hydrogen-bond acceptors (Lipinski definition) is 5. The first kappa shape index (κ1) is 19.6. The minimum atomic E-state index is -0.869. The Morgan fingerprint density at radius 1 is 1.07 bits per heavy atom. The first-order valence-corrected chi connectivity index (χ1v) is 9.46. The molecule has 2 heterocycles. The molecule has 0 saturated carbocycles. The zero-order valence-electron chi connectivity index (χ0n) is 16.0. The largest absolute Gasteiger partial charge is 0.487 e. The molecule has 7 heteroatoms. The first-order valence-electron chi connectivity index (χ1n) is 9.46. The third-order valence-corrected chi connectivity index (χ3v) is 4.71. The predicted octanol–water partition coefficient (Wildman–Crippen LogP) is 3.79. The van der Waals surface area contributed by atoms with Gasteiger partial charge in [-0.3, -0.25) is 4.79 Å². The number of aromatic nitrogens is 2. The minimum absolute atomic E-state index is 0.186. The minimum Gasteiger partial charge on any atom is -0.487 e. The van der Waals surface area contributed by atoms with Crippen LogP contribution in [0.25, 0.3) is 10.9 Å². The van der Waals surface area contributed by atoms with E-state index in [1.54, 1.807) is 24.3 Å². The van der Waals surface area contributed by atoms with Crippen LogP contribution in [0.1, 0.15) is 17.2 Å². The van der Waals surface area contributed by atoms with Crippen LogP contribution < -0.4 is 15.6 Å². The lowest BCUT2D eigenvalue weighted by molar-refractivity contribution is 0.193. The molecule has 0 radical (unpaired) electrons. The zero-order chi connectivity index (χ0) is 20.9. The molecule has 0 fully saturated rings. The van der Waals surface area contributed by atoms with Gasteiger partial charge in [-0.25, -0.2) is 4.98 Å². The normalized spacial score (nSPS) is 11.9. The second kappa shape index (κ2) is 8.75. The molecule has 0 amide bonds. The van der Waals surface area contributed by atoms with Gasteiger partial charge in [0.15, 0.2) is 0 Å². The Labute approximate surface area is 172 Å². The number of ether oxygens (including phenoxy) is 1. The van der Waals surface area contributed by atoms with Gasteiger partial charge < -0.3 is 20.1 Å². The monoisotopic (exact) mass is 405 g/mol. The molecule has 0 aliphatic heterocycles. The molecule has 0 saturated heterocycles. The molecular formula is C23H20FN3O3. The second-order valence-corrected chi connectivity index (χ2v) is 6.80. The van der Waals surface area contributed by atoms with Gasteiger partial charge in [0, 0.05) is 18.0 Å². The zero-order valence-corrected chi connectivity index (χ0v) is 16.0. The third kappa shape index (κ3) is 4.47. The Morgan fingerprint density at radius 3 is 2.67 bits per heavy atom. The van der Waals surface area contributed by atoms with Crippen molar-refractivity contribution in [1.82, 2.24) is 9.97 Å². The smallest absolute Gasteiger partial charge is 0.248 e. The molecule has 3 N–H and O–H groups in total. The van der Waals surface area contributed by atoms with Gasteiger partial charge in [-0.1, -0.05) is 36.4 Å². The van der Waals surface area contributed by atoms with E-state index in [4.69, 9.17) is 4.74 Å². The molecule has 0 bridgehead atoms. The lowest BCUT2D eigenvalue weighted by Gasteiger charge is -2.17. The van der Waals surface area contributed by atoms with Crippen molar-refractivity contribution >= 4 is 16.6 Å². The lowest BCUT2D eigenvalue weighted by Crippen LogP contribution is -2.14. The summed E-state index contributed by atoms with van der Waals surface area (Å²) in [6.45, 7) is 0.541. The highest BCUT2D eigenvalue weighted by Crippen LogP contribution is 2.30. The number of nitrogens with zero attached hydrogens (tertiary/aromatic N) is 1. The van der Waals surface area contributed by atoms with Crippen LogP contribution in [-0.2, 0) is 6.61 Å². The Kier molecular flexibility index (Phi) is 5.72. The van der Waals surface area contributed by atoms with Crippen LogP contribution in [0, 0.1) is 5.95 Å². The Bertz CT molecular complexity index is 1190. The molecule has 1 atom stereocenters. The van der Waals surface area contributed by atoms with Gasteiger partial charge in [-0.05, 0) is 35.4 Å². The SMILES string of the molecule is O=c1ccc2c(C(O)CNc3ccc(F)nc3)ccc(OCc3ccccc3)c2[nH]1. The standard InChI is InChI=1S/C23H20FN3O3/c24-21-10-6-16(12-26-21)25-13-19(28)17-7-9-20(23-18(17)8-11-22(29)27-23)30-14-15-4-2-1-3-5-15/h1-12,19,25,28H,13-14H2,(H,27,29). The number of rotatable bonds is 7. The van der Waals surface area contributed by atoms with E-state index in [0.29, 0.717) is 34.5 Å². The van der Waals surface area contributed by atoms with E-state index in [2.05, 4.69) is 15.3 Å². The number of aliphatic hydroxyl groups is 1. The van der Waals surface area contributed by atoms with Gasteiger partial charge in [0.05, 0.1) is 23.5 Å². The van der Waals surface area contributed by atoms with Gasteiger partial charge in [-0.2, -0.15) is 4.39 Å². The molecule has 2 aromatic carbocycles. The van der Waals surface area contributed by atoms with Crippen LogP contribution in [-0.4, -0.2) is 21.6 Å². The maximum absolute atomic E-state index is 12.9. The summed E-state index contributed by atoms with van der Waals surface area (Å²) in [7, 11) is 0.